The number of esters is 1. The molecule has 1 N–H and O–H groups in total. The second-order valence-corrected chi connectivity index (χ2v) is 8.46. The number of fused-ring (bicyclic) bond motifs is 2. The molecule has 2 atom stereocenters. The Bertz CT molecular complexity index is 747. The summed E-state index contributed by atoms with van der Waals surface area (Å²) in [6, 6.07) is 19.2. The number of hydrogen-bond acceptors (Lipinski definition) is 3. The van der Waals surface area contributed by atoms with Crippen LogP contribution in [0, 0.1) is 0 Å². The molecular formula is C23H28NO3+. The quantitative estimate of drug-likeness (QED) is 0.667. The monoisotopic (exact) mass is 366 g/mol. The molecule has 0 amide bonds. The molecule has 2 saturated heterocycles. The van der Waals surface area contributed by atoms with E-state index in [2.05, 4.69) is 14.1 Å². The third-order valence-electron chi connectivity index (χ3n) is 6.74. The summed E-state index contributed by atoms with van der Waals surface area (Å²) >= 11 is 0. The fraction of sp³-hybridized carbons (Fsp3) is 0.435. The zero-order valence-corrected chi connectivity index (χ0v) is 16.0. The first-order valence-electron chi connectivity index (χ1n) is 9.80. The van der Waals surface area contributed by atoms with Crippen LogP contribution in [0.25, 0.3) is 0 Å². The zero-order valence-electron chi connectivity index (χ0n) is 16.0. The Labute approximate surface area is 161 Å². The number of rotatable bonds is 4. The van der Waals surface area contributed by atoms with Crippen molar-refractivity contribution in [2.45, 2.75) is 49.5 Å². The second-order valence-electron chi connectivity index (χ2n) is 8.46. The molecule has 2 fully saturated rings. The largest absolute Gasteiger partial charge is 0.459 e. The summed E-state index contributed by atoms with van der Waals surface area (Å²) in [5, 5.41) is 11.5. The Morgan fingerprint density at radius 2 is 1.37 bits per heavy atom. The molecule has 27 heavy (non-hydrogen) atoms. The summed E-state index contributed by atoms with van der Waals surface area (Å²) in [6.45, 7) is 0. The average molecular weight is 366 g/mol. The Hall–Kier alpha value is -2.17. The van der Waals surface area contributed by atoms with Crippen LogP contribution in [0.3, 0.4) is 0 Å². The maximum Gasteiger partial charge on any atom is 0.347 e. The summed E-state index contributed by atoms with van der Waals surface area (Å²) in [4.78, 5) is 13.3. The van der Waals surface area contributed by atoms with Gasteiger partial charge in [-0.3, -0.25) is 0 Å². The van der Waals surface area contributed by atoms with Crippen molar-refractivity contribution in [3.05, 3.63) is 71.8 Å². The second kappa shape index (κ2) is 6.77. The first-order valence-corrected chi connectivity index (χ1v) is 9.80. The van der Waals surface area contributed by atoms with Crippen LogP contribution in [0.2, 0.25) is 0 Å². The minimum Gasteiger partial charge on any atom is -0.459 e. The molecule has 2 bridgehead atoms. The van der Waals surface area contributed by atoms with Gasteiger partial charge in [-0.1, -0.05) is 60.7 Å². The lowest BCUT2D eigenvalue weighted by Crippen LogP contribution is -2.56. The van der Waals surface area contributed by atoms with Crippen molar-refractivity contribution >= 4 is 5.97 Å². The smallest absolute Gasteiger partial charge is 0.347 e. The first kappa shape index (κ1) is 18.2. The van der Waals surface area contributed by atoms with Crippen molar-refractivity contribution in [3.63, 3.8) is 0 Å². The van der Waals surface area contributed by atoms with E-state index in [1.165, 1.54) is 12.8 Å². The third kappa shape index (κ3) is 3.07. The molecule has 0 aromatic heterocycles. The Kier molecular flexibility index (Phi) is 4.57. The van der Waals surface area contributed by atoms with Gasteiger partial charge in [-0.25, -0.2) is 4.79 Å². The Morgan fingerprint density at radius 3 is 1.81 bits per heavy atom. The van der Waals surface area contributed by atoms with Crippen LogP contribution in [0.5, 0.6) is 0 Å². The van der Waals surface area contributed by atoms with Crippen LogP contribution >= 0.6 is 0 Å². The van der Waals surface area contributed by atoms with Crippen molar-refractivity contribution in [1.29, 1.82) is 0 Å². The van der Waals surface area contributed by atoms with E-state index in [4.69, 9.17) is 4.74 Å². The highest BCUT2D eigenvalue weighted by Crippen LogP contribution is 2.41. The van der Waals surface area contributed by atoms with Crippen molar-refractivity contribution < 1.29 is 19.1 Å². The lowest BCUT2D eigenvalue weighted by Gasteiger charge is -2.44. The number of quaternary nitrogens is 1. The van der Waals surface area contributed by atoms with Crippen LogP contribution in [-0.2, 0) is 15.1 Å². The minimum atomic E-state index is -1.79. The van der Waals surface area contributed by atoms with Gasteiger partial charge in [0.1, 0.15) is 6.10 Å². The normalized spacial score (nSPS) is 26.6. The summed E-state index contributed by atoms with van der Waals surface area (Å²) in [7, 11) is 4.56. The predicted molar refractivity (Wildman–Crippen MR) is 104 cm³/mol. The van der Waals surface area contributed by atoms with Gasteiger partial charge in [0.25, 0.3) is 0 Å². The van der Waals surface area contributed by atoms with Crippen LogP contribution in [0.15, 0.2) is 60.7 Å². The maximum atomic E-state index is 13.3. The molecule has 142 valence electrons. The Morgan fingerprint density at radius 1 is 0.926 bits per heavy atom. The highest BCUT2D eigenvalue weighted by Gasteiger charge is 2.51. The zero-order chi connectivity index (χ0) is 19.1. The molecule has 2 aliphatic heterocycles. The fourth-order valence-corrected chi connectivity index (χ4v) is 4.92. The van der Waals surface area contributed by atoms with E-state index in [9.17, 15) is 9.90 Å². The van der Waals surface area contributed by atoms with Gasteiger partial charge in [-0.15, -0.1) is 0 Å². The van der Waals surface area contributed by atoms with Gasteiger partial charge in [-0.2, -0.15) is 0 Å². The number of carbonyl (C=O) groups excluding carboxylic acids is 1. The number of hydrogen-bond donors (Lipinski definition) is 1. The molecule has 4 rings (SSSR count). The van der Waals surface area contributed by atoms with Crippen LogP contribution in [0.4, 0.5) is 0 Å². The molecule has 4 heteroatoms. The van der Waals surface area contributed by atoms with Crippen molar-refractivity contribution in [2.75, 3.05) is 14.1 Å². The molecule has 2 heterocycles. The third-order valence-corrected chi connectivity index (χ3v) is 6.74. The highest BCUT2D eigenvalue weighted by atomic mass is 16.6. The van der Waals surface area contributed by atoms with Gasteiger partial charge in [0.2, 0.25) is 5.60 Å². The summed E-state index contributed by atoms with van der Waals surface area (Å²) < 4.78 is 6.96. The van der Waals surface area contributed by atoms with E-state index >= 15 is 0 Å². The molecule has 2 aliphatic rings. The topological polar surface area (TPSA) is 46.5 Å². The van der Waals surface area contributed by atoms with Crippen LogP contribution in [0.1, 0.15) is 36.8 Å². The number of ether oxygens (including phenoxy) is 1. The lowest BCUT2D eigenvalue weighted by molar-refractivity contribution is -0.931. The van der Waals surface area contributed by atoms with Crippen molar-refractivity contribution in [2.24, 2.45) is 0 Å². The van der Waals surface area contributed by atoms with Gasteiger partial charge in [0, 0.05) is 25.7 Å². The van der Waals surface area contributed by atoms with Gasteiger partial charge >= 0.3 is 5.97 Å². The number of benzene rings is 2. The highest BCUT2D eigenvalue weighted by molar-refractivity contribution is 5.85. The van der Waals surface area contributed by atoms with Crippen LogP contribution in [-0.4, -0.2) is 47.8 Å². The van der Waals surface area contributed by atoms with Gasteiger partial charge in [-0.05, 0) is 11.1 Å². The standard InChI is InChI=1S/C23H28NO3/c1-24(2)19-13-14-20(24)16-21(15-19)27-22(25)23(26,17-9-5-3-6-10-17)18-11-7-4-8-12-18/h3-12,19-21,26H,13-16H2,1-2H3/q+1/t19-,20-/m0/s1. The number of piperidine rings is 1. The molecular weight excluding hydrogens is 338 g/mol. The molecule has 0 unspecified atom stereocenters. The van der Waals surface area contributed by atoms with E-state index in [1.807, 2.05) is 36.4 Å². The van der Waals surface area contributed by atoms with Crippen LogP contribution < -0.4 is 0 Å². The SMILES string of the molecule is C[N+]1(C)[C@H]2CC[C@H]1CC(OC(=O)C(O)(c1ccccc1)c1ccccc1)C2. The molecule has 0 aliphatic carbocycles. The van der Waals surface area contributed by atoms with E-state index < -0.39 is 11.6 Å². The predicted octanol–water partition coefficient (Wildman–Crippen LogP) is 3.24. The van der Waals surface area contributed by atoms with E-state index in [0.29, 0.717) is 23.2 Å². The number of nitrogens with zero attached hydrogens (tertiary/aromatic N) is 1. The molecule has 0 radical (unpaired) electrons. The summed E-state index contributed by atoms with van der Waals surface area (Å²) in [6.07, 6.45) is 3.99. The van der Waals surface area contributed by atoms with E-state index in [0.717, 1.165) is 17.3 Å². The molecule has 0 saturated carbocycles. The van der Waals surface area contributed by atoms with Crippen molar-refractivity contribution in [3.8, 4) is 0 Å². The fourth-order valence-electron chi connectivity index (χ4n) is 4.92. The molecule has 2 aromatic carbocycles. The molecule has 2 aromatic rings. The average Bonchev–Trinajstić information content (AvgIpc) is 2.86. The summed E-state index contributed by atoms with van der Waals surface area (Å²) in [5.41, 5.74) is -0.712. The molecule has 4 nitrogen and oxygen atoms in total. The summed E-state index contributed by atoms with van der Waals surface area (Å²) in [5.74, 6) is -0.573. The minimum absolute atomic E-state index is 0.125. The maximum absolute atomic E-state index is 13.3. The van der Waals surface area contributed by atoms with Gasteiger partial charge in [0.15, 0.2) is 0 Å². The van der Waals surface area contributed by atoms with Gasteiger partial charge < -0.3 is 14.3 Å². The van der Waals surface area contributed by atoms with E-state index in [-0.39, 0.29) is 6.10 Å². The van der Waals surface area contributed by atoms with E-state index in [1.54, 1.807) is 24.3 Å². The number of aliphatic hydroxyl groups is 1. The lowest BCUT2D eigenvalue weighted by atomic mass is 9.86. The Balaban J connectivity index is 1.61. The number of carbonyl (C=O) groups is 1. The van der Waals surface area contributed by atoms with Crippen molar-refractivity contribution in [1.82, 2.24) is 0 Å². The van der Waals surface area contributed by atoms with Gasteiger partial charge in [0.05, 0.1) is 26.2 Å². The first-order chi connectivity index (χ1) is 12.9. The molecule has 0 spiro atoms.